The first-order chi connectivity index (χ1) is 6.75. The third kappa shape index (κ3) is 1.79. The fraction of sp³-hybridized carbons (Fsp3) is 0.100. The molecule has 1 aliphatic heterocycles. The van der Waals surface area contributed by atoms with E-state index in [1.54, 1.807) is 0 Å². The lowest BCUT2D eigenvalue weighted by Gasteiger charge is -2.17. The molecule has 1 aromatic rings. The molecular formula is C10H9BNO2. The molecule has 3 nitrogen and oxygen atoms in total. The van der Waals surface area contributed by atoms with Crippen LogP contribution in [0.4, 0.5) is 10.5 Å². The summed E-state index contributed by atoms with van der Waals surface area (Å²) >= 11 is 0. The molecule has 2 N–H and O–H groups in total. The molecule has 2 rings (SSSR count). The predicted octanol–water partition coefficient (Wildman–Crippen LogP) is 1.84. The van der Waals surface area contributed by atoms with Crippen molar-refractivity contribution in [3.63, 3.8) is 0 Å². The van der Waals surface area contributed by atoms with Gasteiger partial charge >= 0.3 is 0 Å². The highest BCUT2D eigenvalue weighted by Crippen LogP contribution is 2.22. The highest BCUT2D eigenvalue weighted by atomic mass is 16.4. The largest absolute Gasteiger partial charge is 0.489 e. The Labute approximate surface area is 82.7 Å². The van der Waals surface area contributed by atoms with Gasteiger partial charge in [0.1, 0.15) is 0 Å². The minimum atomic E-state index is -0.905. The first kappa shape index (κ1) is 8.87. The standard InChI is InChI=1S/C10H9BNO2/c13-10(14)11-8-5-7-3-1-2-4-9(7)12-6-8/h1-5,12H,6H2,(H,13,14). The number of hydrogen-bond donors (Lipinski definition) is 2. The summed E-state index contributed by atoms with van der Waals surface area (Å²) in [6.45, 7) is 0.573. The van der Waals surface area contributed by atoms with Crippen LogP contribution in [0.2, 0.25) is 0 Å². The van der Waals surface area contributed by atoms with Crippen LogP contribution in [0.3, 0.4) is 0 Å². The molecule has 1 heterocycles. The second-order valence-corrected chi connectivity index (χ2v) is 3.14. The summed E-state index contributed by atoms with van der Waals surface area (Å²) in [6.07, 6.45) is 1.89. The lowest BCUT2D eigenvalue weighted by molar-refractivity contribution is 0.220. The van der Waals surface area contributed by atoms with Gasteiger partial charge < -0.3 is 10.4 Å². The van der Waals surface area contributed by atoms with E-state index >= 15 is 0 Å². The summed E-state index contributed by atoms with van der Waals surface area (Å²) in [5.74, 6) is -0.905. The Hall–Kier alpha value is -1.71. The van der Waals surface area contributed by atoms with Crippen molar-refractivity contribution in [2.45, 2.75) is 0 Å². The number of fused-ring (bicyclic) bond motifs is 1. The molecule has 0 unspecified atom stereocenters. The van der Waals surface area contributed by atoms with Crippen LogP contribution in [0, 0.1) is 0 Å². The van der Waals surface area contributed by atoms with Gasteiger partial charge in [0.15, 0.2) is 0 Å². The van der Waals surface area contributed by atoms with Crippen LogP contribution in [0.1, 0.15) is 5.56 Å². The summed E-state index contributed by atoms with van der Waals surface area (Å²) in [5.41, 5.74) is 2.87. The Balaban J connectivity index is 2.26. The van der Waals surface area contributed by atoms with E-state index < -0.39 is 5.87 Å². The molecule has 0 bridgehead atoms. The van der Waals surface area contributed by atoms with Crippen molar-refractivity contribution in [1.29, 1.82) is 0 Å². The molecule has 0 saturated carbocycles. The Bertz CT molecular complexity index is 401. The highest BCUT2D eigenvalue weighted by Gasteiger charge is 2.12. The summed E-state index contributed by atoms with van der Waals surface area (Å²) < 4.78 is 0. The van der Waals surface area contributed by atoms with E-state index in [1.807, 2.05) is 30.3 Å². The van der Waals surface area contributed by atoms with Gasteiger partial charge in [0.05, 0.1) is 0 Å². The van der Waals surface area contributed by atoms with Crippen molar-refractivity contribution in [2.24, 2.45) is 0 Å². The van der Waals surface area contributed by atoms with Crippen molar-refractivity contribution < 1.29 is 9.90 Å². The number of para-hydroxylation sites is 1. The van der Waals surface area contributed by atoms with Gasteiger partial charge in [0.25, 0.3) is 7.28 Å². The Morgan fingerprint density at radius 1 is 1.43 bits per heavy atom. The Kier molecular flexibility index (Phi) is 2.27. The van der Waals surface area contributed by atoms with E-state index in [9.17, 15) is 4.79 Å². The maximum Gasteiger partial charge on any atom is 0.296 e. The molecule has 1 aromatic carbocycles. The first-order valence-corrected chi connectivity index (χ1v) is 4.37. The van der Waals surface area contributed by atoms with E-state index in [0.29, 0.717) is 6.54 Å². The van der Waals surface area contributed by atoms with Gasteiger partial charge in [-0.15, -0.1) is 0 Å². The first-order valence-electron chi connectivity index (χ1n) is 4.37. The van der Waals surface area contributed by atoms with Crippen LogP contribution < -0.4 is 5.32 Å². The van der Waals surface area contributed by atoms with E-state index in [0.717, 1.165) is 16.7 Å². The predicted molar refractivity (Wildman–Crippen MR) is 56.7 cm³/mol. The molecule has 0 aliphatic carbocycles. The normalized spacial score (nSPS) is 13.6. The van der Waals surface area contributed by atoms with Gasteiger partial charge in [0, 0.05) is 12.2 Å². The number of nitrogens with one attached hydrogen (secondary N) is 1. The third-order valence-electron chi connectivity index (χ3n) is 2.09. The number of hydrogen-bond acceptors (Lipinski definition) is 2. The highest BCUT2D eigenvalue weighted by molar-refractivity contribution is 6.78. The average molecular weight is 186 g/mol. The van der Waals surface area contributed by atoms with Crippen LogP contribution in [-0.2, 0) is 0 Å². The summed E-state index contributed by atoms with van der Waals surface area (Å²) in [6, 6.07) is 7.81. The van der Waals surface area contributed by atoms with E-state index in [2.05, 4.69) is 5.32 Å². The minimum absolute atomic E-state index is 0.573. The lowest BCUT2D eigenvalue weighted by atomic mass is 9.68. The summed E-state index contributed by atoms with van der Waals surface area (Å²) in [4.78, 5) is 10.5. The van der Waals surface area contributed by atoms with Gasteiger partial charge in [-0.2, -0.15) is 0 Å². The van der Waals surface area contributed by atoms with E-state index in [1.165, 1.54) is 7.28 Å². The molecule has 0 atom stereocenters. The number of carbonyl (C=O) groups is 1. The zero-order valence-electron chi connectivity index (χ0n) is 7.53. The molecule has 4 heteroatoms. The summed E-state index contributed by atoms with van der Waals surface area (Å²) in [5, 5.41) is 11.7. The number of anilines is 1. The van der Waals surface area contributed by atoms with Crippen LogP contribution in [0.25, 0.3) is 6.08 Å². The van der Waals surface area contributed by atoms with E-state index in [4.69, 9.17) is 5.11 Å². The minimum Gasteiger partial charge on any atom is -0.489 e. The zero-order valence-corrected chi connectivity index (χ0v) is 7.53. The van der Waals surface area contributed by atoms with Crippen molar-refractivity contribution in [1.82, 2.24) is 0 Å². The monoisotopic (exact) mass is 186 g/mol. The molecule has 0 amide bonds. The SMILES string of the molecule is O=C(O)[B]C1=Cc2ccccc2NC1. The number of rotatable bonds is 2. The van der Waals surface area contributed by atoms with Crippen molar-refractivity contribution in [3.8, 4) is 0 Å². The smallest absolute Gasteiger partial charge is 0.296 e. The fourth-order valence-corrected chi connectivity index (χ4v) is 1.48. The molecule has 14 heavy (non-hydrogen) atoms. The lowest BCUT2D eigenvalue weighted by Crippen LogP contribution is -2.19. The zero-order chi connectivity index (χ0) is 9.97. The van der Waals surface area contributed by atoms with Crippen molar-refractivity contribution in [3.05, 3.63) is 35.3 Å². The topological polar surface area (TPSA) is 49.3 Å². The maximum absolute atomic E-state index is 10.5. The Morgan fingerprint density at radius 3 is 3.00 bits per heavy atom. The maximum atomic E-state index is 10.5. The second kappa shape index (κ2) is 3.58. The molecule has 1 aliphatic rings. The van der Waals surface area contributed by atoms with Crippen LogP contribution in [0.15, 0.2) is 29.7 Å². The molecule has 69 valence electrons. The fourth-order valence-electron chi connectivity index (χ4n) is 1.48. The number of benzene rings is 1. The van der Waals surface area contributed by atoms with Gasteiger partial charge in [0.2, 0.25) is 5.87 Å². The van der Waals surface area contributed by atoms with Crippen LogP contribution >= 0.6 is 0 Å². The van der Waals surface area contributed by atoms with Gasteiger partial charge in [-0.25, -0.2) is 0 Å². The van der Waals surface area contributed by atoms with Gasteiger partial charge in [-0.3, -0.25) is 4.79 Å². The van der Waals surface area contributed by atoms with Crippen molar-refractivity contribution in [2.75, 3.05) is 11.9 Å². The van der Waals surface area contributed by atoms with Gasteiger partial charge in [-0.05, 0) is 11.6 Å². The molecule has 1 radical (unpaired) electrons. The molecule has 0 aromatic heterocycles. The molecule has 0 spiro atoms. The molecule has 0 saturated heterocycles. The third-order valence-corrected chi connectivity index (χ3v) is 2.09. The average Bonchev–Trinajstić information content (AvgIpc) is 2.17. The van der Waals surface area contributed by atoms with Crippen LogP contribution in [0.5, 0.6) is 0 Å². The molecule has 0 fully saturated rings. The molecular weight excluding hydrogens is 177 g/mol. The van der Waals surface area contributed by atoms with Gasteiger partial charge in [-0.1, -0.05) is 29.7 Å². The van der Waals surface area contributed by atoms with E-state index in [-0.39, 0.29) is 0 Å². The second-order valence-electron chi connectivity index (χ2n) is 3.14. The Morgan fingerprint density at radius 2 is 2.21 bits per heavy atom. The summed E-state index contributed by atoms with van der Waals surface area (Å²) in [7, 11) is 1.23. The quantitative estimate of drug-likeness (QED) is 0.692. The van der Waals surface area contributed by atoms with Crippen molar-refractivity contribution >= 4 is 24.9 Å². The number of carboxylic acid groups (broad SMARTS) is 1. The van der Waals surface area contributed by atoms with Crippen LogP contribution in [-0.4, -0.2) is 24.8 Å².